The molecule has 1 aliphatic carbocycles. The van der Waals surface area contributed by atoms with Crippen LogP contribution in [0.3, 0.4) is 0 Å². The Hall–Kier alpha value is -2.14. The lowest BCUT2D eigenvalue weighted by atomic mass is 10.0. The van der Waals surface area contributed by atoms with E-state index >= 15 is 0 Å². The number of anilines is 1. The van der Waals surface area contributed by atoms with Gasteiger partial charge in [0, 0.05) is 34.1 Å². The van der Waals surface area contributed by atoms with Gasteiger partial charge in [-0.15, -0.1) is 0 Å². The van der Waals surface area contributed by atoms with Gasteiger partial charge in [0.25, 0.3) is 0 Å². The van der Waals surface area contributed by atoms with Gasteiger partial charge in [0.2, 0.25) is 5.91 Å². The average molecular weight is 389 g/mol. The predicted octanol–water partition coefficient (Wildman–Crippen LogP) is 5.71. The Morgan fingerprint density at radius 2 is 2.11 bits per heavy atom. The largest absolute Gasteiger partial charge is 0.309 e. The molecular weight excluding hydrogens is 360 g/mol. The molecule has 0 aliphatic heterocycles. The minimum Gasteiger partial charge on any atom is -0.309 e. The van der Waals surface area contributed by atoms with Gasteiger partial charge >= 0.3 is 0 Å². The van der Waals surface area contributed by atoms with Crippen LogP contribution in [0.2, 0.25) is 0 Å². The van der Waals surface area contributed by atoms with Crippen molar-refractivity contribution in [2.45, 2.75) is 59.3 Å². The van der Waals surface area contributed by atoms with Crippen LogP contribution in [0, 0.1) is 5.92 Å². The quantitative estimate of drug-likeness (QED) is 0.420. The molecule has 0 radical (unpaired) electrons. The Morgan fingerprint density at radius 1 is 1.37 bits per heavy atom. The number of amides is 1. The van der Waals surface area contributed by atoms with E-state index in [4.69, 9.17) is 16.6 Å². The van der Waals surface area contributed by atoms with Gasteiger partial charge in [0.15, 0.2) is 5.82 Å². The second-order valence-electron chi connectivity index (χ2n) is 6.61. The molecule has 1 amide bonds. The number of hydrogen-bond donors (Lipinski definition) is 2. The number of carbonyl (C=O) groups is 1. The van der Waals surface area contributed by atoms with Crippen LogP contribution in [0.15, 0.2) is 46.1 Å². The summed E-state index contributed by atoms with van der Waals surface area (Å²) >= 11 is 6.03. The Balaban J connectivity index is 2.12. The molecule has 2 N–H and O–H groups in total. The molecule has 146 valence electrons. The minimum atomic E-state index is -0.330. The smallest absolute Gasteiger partial charge is 0.234 e. The van der Waals surface area contributed by atoms with E-state index in [0.717, 1.165) is 23.5 Å². The number of carbonyl (C=O) groups excluding carboxylic acids is 1. The van der Waals surface area contributed by atoms with E-state index in [1.165, 1.54) is 12.8 Å². The van der Waals surface area contributed by atoms with Crippen LogP contribution in [0.1, 0.15) is 65.0 Å². The molecule has 1 aromatic rings. The molecule has 0 aromatic carbocycles. The van der Waals surface area contributed by atoms with Crippen molar-refractivity contribution in [2.75, 3.05) is 5.32 Å². The highest BCUT2D eigenvalue weighted by Crippen LogP contribution is 2.39. The number of rotatable bonds is 9. The van der Waals surface area contributed by atoms with Gasteiger partial charge in [-0.3, -0.25) is 14.9 Å². The lowest BCUT2D eigenvalue weighted by Gasteiger charge is -2.15. The summed E-state index contributed by atoms with van der Waals surface area (Å²) in [6.07, 6.45) is 11.2. The van der Waals surface area contributed by atoms with Gasteiger partial charge in [-0.1, -0.05) is 37.6 Å². The summed E-state index contributed by atoms with van der Waals surface area (Å²) in [6, 6.07) is 1.93. The maximum Gasteiger partial charge on any atom is 0.234 e. The van der Waals surface area contributed by atoms with E-state index in [2.05, 4.69) is 15.5 Å². The molecule has 1 heterocycles. The number of H-pyrrole nitrogens is 1. The highest BCUT2D eigenvalue weighted by atomic mass is 35.5. The Kier molecular flexibility index (Phi) is 8.04. The van der Waals surface area contributed by atoms with Gasteiger partial charge in [0.05, 0.1) is 5.92 Å². The first kappa shape index (κ1) is 21.2. The summed E-state index contributed by atoms with van der Waals surface area (Å²) in [5.74, 6) is 0.733. The Bertz CT molecular complexity index is 769. The number of nitrogens with one attached hydrogen (secondary N) is 2. The third-order valence-electron chi connectivity index (χ3n) is 4.59. The Morgan fingerprint density at radius 3 is 2.67 bits per heavy atom. The topological polar surface area (TPSA) is 70.1 Å². The lowest BCUT2D eigenvalue weighted by Crippen LogP contribution is -2.24. The first-order valence-electron chi connectivity index (χ1n) is 9.62. The number of halogens is 1. The van der Waals surface area contributed by atoms with Crippen LogP contribution in [0.25, 0.3) is 0 Å². The fourth-order valence-electron chi connectivity index (χ4n) is 2.76. The third-order valence-corrected chi connectivity index (χ3v) is 4.93. The zero-order valence-electron chi connectivity index (χ0n) is 16.6. The summed E-state index contributed by atoms with van der Waals surface area (Å²) in [7, 11) is 0. The highest BCUT2D eigenvalue weighted by Gasteiger charge is 2.26. The van der Waals surface area contributed by atoms with Crippen LogP contribution in [0.4, 0.5) is 5.82 Å². The molecular formula is C21H29ClN4O. The van der Waals surface area contributed by atoms with Crippen molar-refractivity contribution >= 4 is 29.0 Å². The monoisotopic (exact) mass is 388 g/mol. The van der Waals surface area contributed by atoms with Gasteiger partial charge in [-0.05, 0) is 51.7 Å². The molecule has 5 nitrogen and oxygen atoms in total. The number of allylic oxidation sites excluding steroid dienone is 5. The normalized spacial score (nSPS) is 17.4. The number of hydrogen-bond acceptors (Lipinski definition) is 3. The van der Waals surface area contributed by atoms with Crippen LogP contribution in [-0.4, -0.2) is 21.8 Å². The summed E-state index contributed by atoms with van der Waals surface area (Å²) in [5, 5.41) is 10.8. The molecule has 1 unspecified atom stereocenters. The molecule has 1 fully saturated rings. The second-order valence-corrected chi connectivity index (χ2v) is 7.05. The molecule has 2 rings (SSSR count). The number of nitrogens with zero attached hydrogens (tertiary/aromatic N) is 2. The Labute approximate surface area is 166 Å². The molecule has 0 spiro atoms. The molecule has 1 atom stereocenters. The van der Waals surface area contributed by atoms with Crippen LogP contribution < -0.4 is 5.32 Å². The molecule has 0 bridgehead atoms. The zero-order chi connectivity index (χ0) is 19.8. The number of aromatic amines is 1. The highest BCUT2D eigenvalue weighted by molar-refractivity contribution is 6.31. The van der Waals surface area contributed by atoms with E-state index in [-0.39, 0.29) is 11.8 Å². The predicted molar refractivity (Wildman–Crippen MR) is 113 cm³/mol. The lowest BCUT2D eigenvalue weighted by molar-refractivity contribution is -0.118. The van der Waals surface area contributed by atoms with Crippen molar-refractivity contribution in [1.29, 1.82) is 0 Å². The third kappa shape index (κ3) is 6.21. The van der Waals surface area contributed by atoms with Gasteiger partial charge in [-0.2, -0.15) is 5.10 Å². The zero-order valence-corrected chi connectivity index (χ0v) is 17.3. The van der Waals surface area contributed by atoms with Crippen molar-refractivity contribution in [2.24, 2.45) is 10.9 Å². The summed E-state index contributed by atoms with van der Waals surface area (Å²) in [5.41, 5.74) is 2.73. The van der Waals surface area contributed by atoms with Crippen molar-refractivity contribution in [3.05, 3.63) is 46.8 Å². The fraction of sp³-hybridized carbons (Fsp3) is 0.476. The maximum absolute atomic E-state index is 12.8. The number of aliphatic imine (C=N–C) groups is 1. The molecule has 1 aromatic heterocycles. The standard InChI is InChI=1S/C21H29ClN4O/c1-5-15(22)11-12-16(6-2)23-18(8-4)17(7-3)21(27)24-20-13-19(25-26-20)14-9-10-14/h5,8,11-14,17H,6-7,9-10H2,1-4H3,(H2,24,25,26,27)/b12-11-,15-5+,18-8-,23-16+. The van der Waals surface area contributed by atoms with Crippen molar-refractivity contribution in [3.63, 3.8) is 0 Å². The summed E-state index contributed by atoms with van der Waals surface area (Å²) < 4.78 is 0. The summed E-state index contributed by atoms with van der Waals surface area (Å²) in [4.78, 5) is 17.5. The first-order valence-corrected chi connectivity index (χ1v) is 9.99. The van der Waals surface area contributed by atoms with Crippen LogP contribution in [-0.2, 0) is 4.79 Å². The van der Waals surface area contributed by atoms with Gasteiger partial charge in [-0.25, -0.2) is 0 Å². The van der Waals surface area contributed by atoms with E-state index in [1.54, 1.807) is 0 Å². The molecule has 1 aliphatic rings. The maximum atomic E-state index is 12.8. The van der Waals surface area contributed by atoms with E-state index in [9.17, 15) is 4.79 Å². The van der Waals surface area contributed by atoms with Gasteiger partial charge < -0.3 is 5.32 Å². The molecule has 6 heteroatoms. The van der Waals surface area contributed by atoms with Crippen LogP contribution >= 0.6 is 11.6 Å². The molecule has 1 saturated carbocycles. The van der Waals surface area contributed by atoms with Crippen molar-refractivity contribution < 1.29 is 4.79 Å². The van der Waals surface area contributed by atoms with Gasteiger partial charge in [0.1, 0.15) is 0 Å². The first-order chi connectivity index (χ1) is 13.0. The van der Waals surface area contributed by atoms with Crippen LogP contribution in [0.5, 0.6) is 0 Å². The summed E-state index contributed by atoms with van der Waals surface area (Å²) in [6.45, 7) is 7.81. The second kappa shape index (κ2) is 10.3. The SMILES string of the molecule is C\C=C(/N=C(/C=C\C(Cl)=C/C)CC)C(CC)C(=O)Nc1cc(C2CC2)[nH]n1. The minimum absolute atomic E-state index is 0.0888. The van der Waals surface area contributed by atoms with E-state index < -0.39 is 0 Å². The average Bonchev–Trinajstić information content (AvgIpc) is 3.43. The number of aromatic nitrogens is 2. The fourth-order valence-corrected chi connectivity index (χ4v) is 2.82. The van der Waals surface area contributed by atoms with E-state index in [1.807, 2.05) is 58.1 Å². The molecule has 27 heavy (non-hydrogen) atoms. The van der Waals surface area contributed by atoms with Crippen molar-refractivity contribution in [3.8, 4) is 0 Å². The van der Waals surface area contributed by atoms with Crippen molar-refractivity contribution in [1.82, 2.24) is 10.2 Å². The van der Waals surface area contributed by atoms with E-state index in [0.29, 0.717) is 23.2 Å². The molecule has 0 saturated heterocycles.